The Kier molecular flexibility index (Phi) is 1.96. The fourth-order valence-electron chi connectivity index (χ4n) is 2.44. The second-order valence-corrected chi connectivity index (χ2v) is 4.61. The van der Waals surface area contributed by atoms with Crippen molar-refractivity contribution >= 4 is 0 Å². The van der Waals surface area contributed by atoms with Crippen molar-refractivity contribution in [1.29, 1.82) is 0 Å². The highest BCUT2D eigenvalue weighted by atomic mass is 19.1. The van der Waals surface area contributed by atoms with Gasteiger partial charge in [-0.3, -0.25) is 0 Å². The van der Waals surface area contributed by atoms with Gasteiger partial charge in [0.15, 0.2) is 11.6 Å². The number of hydrogen-bond acceptors (Lipinski definition) is 2. The zero-order chi connectivity index (χ0) is 10.3. The van der Waals surface area contributed by atoms with Crippen LogP contribution in [-0.2, 0) is 0 Å². The average molecular weight is 207 g/mol. The van der Waals surface area contributed by atoms with Crippen LogP contribution in [0, 0.1) is 17.2 Å². The van der Waals surface area contributed by atoms with Crippen molar-refractivity contribution in [2.75, 3.05) is 19.7 Å². The monoisotopic (exact) mass is 207 g/mol. The van der Waals surface area contributed by atoms with Crippen LogP contribution in [0.1, 0.15) is 6.42 Å². The Hall–Kier alpha value is -1.09. The second-order valence-electron chi connectivity index (χ2n) is 4.61. The first-order valence-electron chi connectivity index (χ1n) is 5.38. The minimum absolute atomic E-state index is 0.267. The summed E-state index contributed by atoms with van der Waals surface area (Å²) in [6.45, 7) is 2.76. The van der Waals surface area contributed by atoms with Crippen LogP contribution in [0.2, 0.25) is 0 Å². The fourth-order valence-corrected chi connectivity index (χ4v) is 2.44. The molecule has 0 spiro atoms. The minimum Gasteiger partial charge on any atom is -0.490 e. The molecule has 3 rings (SSSR count). The number of piperidine rings is 1. The molecule has 1 N–H and O–H groups in total. The number of halogens is 1. The Morgan fingerprint density at radius 2 is 2.33 bits per heavy atom. The van der Waals surface area contributed by atoms with Crippen molar-refractivity contribution in [2.24, 2.45) is 11.3 Å². The smallest absolute Gasteiger partial charge is 0.165 e. The number of rotatable bonds is 3. The van der Waals surface area contributed by atoms with Crippen molar-refractivity contribution in [2.45, 2.75) is 6.42 Å². The minimum atomic E-state index is -0.267. The van der Waals surface area contributed by atoms with Gasteiger partial charge in [-0.25, -0.2) is 4.39 Å². The van der Waals surface area contributed by atoms with E-state index in [9.17, 15) is 4.39 Å². The molecule has 1 saturated carbocycles. The van der Waals surface area contributed by atoms with Crippen LogP contribution in [-0.4, -0.2) is 19.7 Å². The van der Waals surface area contributed by atoms with Crippen LogP contribution < -0.4 is 10.1 Å². The Balaban J connectivity index is 1.65. The van der Waals surface area contributed by atoms with Gasteiger partial charge in [-0.05, 0) is 31.0 Å². The van der Waals surface area contributed by atoms with Crippen LogP contribution in [0.3, 0.4) is 0 Å². The number of benzene rings is 1. The molecule has 0 bridgehead atoms. The molecule has 0 radical (unpaired) electrons. The van der Waals surface area contributed by atoms with E-state index in [-0.39, 0.29) is 5.82 Å². The van der Waals surface area contributed by atoms with E-state index >= 15 is 0 Å². The van der Waals surface area contributed by atoms with Crippen molar-refractivity contribution in [1.82, 2.24) is 5.32 Å². The third kappa shape index (κ3) is 1.51. The topological polar surface area (TPSA) is 21.3 Å². The molecule has 1 aromatic carbocycles. The first kappa shape index (κ1) is 9.16. The first-order valence-corrected chi connectivity index (χ1v) is 5.38. The second kappa shape index (κ2) is 3.20. The number of nitrogens with one attached hydrogen (secondary N) is 1. The average Bonchev–Trinajstić information content (AvgIpc) is 2.80. The molecule has 3 heteroatoms. The van der Waals surface area contributed by atoms with Crippen molar-refractivity contribution in [3.05, 3.63) is 30.1 Å². The normalized spacial score (nSPS) is 32.5. The van der Waals surface area contributed by atoms with Gasteiger partial charge in [0.2, 0.25) is 0 Å². The van der Waals surface area contributed by atoms with Crippen LogP contribution in [0.15, 0.2) is 24.3 Å². The van der Waals surface area contributed by atoms with Gasteiger partial charge in [0.25, 0.3) is 0 Å². The van der Waals surface area contributed by atoms with E-state index in [2.05, 4.69) is 5.32 Å². The van der Waals surface area contributed by atoms with Gasteiger partial charge in [0.1, 0.15) is 0 Å². The lowest BCUT2D eigenvalue weighted by molar-refractivity contribution is 0.227. The summed E-state index contributed by atoms with van der Waals surface area (Å²) >= 11 is 0. The SMILES string of the molecule is Fc1ccccc1OCC12CNCC1C2. The van der Waals surface area contributed by atoms with Gasteiger partial charge in [-0.2, -0.15) is 0 Å². The molecule has 0 aromatic heterocycles. The fraction of sp³-hybridized carbons (Fsp3) is 0.500. The third-order valence-corrected chi connectivity index (χ3v) is 3.58. The maximum Gasteiger partial charge on any atom is 0.165 e. The van der Waals surface area contributed by atoms with Crippen LogP contribution >= 0.6 is 0 Å². The summed E-state index contributed by atoms with van der Waals surface area (Å²) in [5, 5.41) is 3.34. The molecule has 2 nitrogen and oxygen atoms in total. The van der Waals surface area contributed by atoms with Crippen molar-refractivity contribution in [3.8, 4) is 5.75 Å². The third-order valence-electron chi connectivity index (χ3n) is 3.58. The van der Waals surface area contributed by atoms with E-state index in [4.69, 9.17) is 4.74 Å². The molecule has 0 amide bonds. The van der Waals surface area contributed by atoms with E-state index in [1.807, 2.05) is 0 Å². The lowest BCUT2D eigenvalue weighted by atomic mass is 10.1. The molecule has 1 aliphatic heterocycles. The van der Waals surface area contributed by atoms with Crippen LogP contribution in [0.4, 0.5) is 4.39 Å². The highest BCUT2D eigenvalue weighted by molar-refractivity contribution is 5.24. The van der Waals surface area contributed by atoms with E-state index in [0.29, 0.717) is 17.8 Å². The van der Waals surface area contributed by atoms with Crippen molar-refractivity contribution < 1.29 is 9.13 Å². The van der Waals surface area contributed by atoms with Gasteiger partial charge in [0, 0.05) is 12.0 Å². The van der Waals surface area contributed by atoms with Crippen LogP contribution in [0.5, 0.6) is 5.75 Å². The van der Waals surface area contributed by atoms with E-state index in [1.54, 1.807) is 18.2 Å². The standard InChI is InChI=1S/C12H14FNO/c13-10-3-1-2-4-11(10)15-8-12-5-9(12)6-14-7-12/h1-4,9,14H,5-8H2. The highest BCUT2D eigenvalue weighted by Gasteiger charge is 2.57. The Morgan fingerprint density at radius 1 is 1.47 bits per heavy atom. The summed E-state index contributed by atoms with van der Waals surface area (Å²) in [6, 6.07) is 6.60. The lowest BCUT2D eigenvalue weighted by Crippen LogP contribution is -2.22. The summed E-state index contributed by atoms with van der Waals surface area (Å²) in [4.78, 5) is 0. The Labute approximate surface area is 88.4 Å². The maximum absolute atomic E-state index is 13.3. The molecule has 2 unspecified atom stereocenters. The summed E-state index contributed by atoms with van der Waals surface area (Å²) < 4.78 is 18.8. The predicted molar refractivity (Wildman–Crippen MR) is 55.3 cm³/mol. The molecule has 2 fully saturated rings. The molecular weight excluding hydrogens is 193 g/mol. The largest absolute Gasteiger partial charge is 0.490 e. The molecule has 1 aromatic rings. The number of hydrogen-bond donors (Lipinski definition) is 1. The molecule has 1 heterocycles. The summed E-state index contributed by atoms with van der Waals surface area (Å²) in [5.74, 6) is 0.866. The predicted octanol–water partition coefficient (Wildman–Crippen LogP) is 1.81. The molecule has 1 aliphatic carbocycles. The van der Waals surface area contributed by atoms with Gasteiger partial charge in [-0.15, -0.1) is 0 Å². The van der Waals surface area contributed by atoms with Gasteiger partial charge in [-0.1, -0.05) is 12.1 Å². The van der Waals surface area contributed by atoms with E-state index < -0.39 is 0 Å². The van der Waals surface area contributed by atoms with E-state index in [0.717, 1.165) is 19.0 Å². The van der Waals surface area contributed by atoms with Crippen molar-refractivity contribution in [3.63, 3.8) is 0 Å². The molecular formula is C12H14FNO. The first-order chi connectivity index (χ1) is 7.30. The zero-order valence-corrected chi connectivity index (χ0v) is 8.50. The van der Waals surface area contributed by atoms with E-state index in [1.165, 1.54) is 12.5 Å². The van der Waals surface area contributed by atoms with Gasteiger partial charge >= 0.3 is 0 Å². The summed E-state index contributed by atoms with van der Waals surface area (Å²) in [5.41, 5.74) is 0.308. The Bertz CT molecular complexity index is 382. The molecule has 2 atom stereocenters. The number of ether oxygens (including phenoxy) is 1. The summed E-state index contributed by atoms with van der Waals surface area (Å²) in [6.07, 6.45) is 1.23. The number of para-hydroxylation sites is 1. The molecule has 80 valence electrons. The molecule has 1 saturated heterocycles. The molecule has 15 heavy (non-hydrogen) atoms. The Morgan fingerprint density at radius 3 is 3.00 bits per heavy atom. The highest BCUT2D eigenvalue weighted by Crippen LogP contribution is 2.54. The number of fused-ring (bicyclic) bond motifs is 1. The van der Waals surface area contributed by atoms with Crippen LogP contribution in [0.25, 0.3) is 0 Å². The summed E-state index contributed by atoms with van der Waals surface area (Å²) in [7, 11) is 0. The van der Waals surface area contributed by atoms with Gasteiger partial charge < -0.3 is 10.1 Å². The lowest BCUT2D eigenvalue weighted by Gasteiger charge is -2.13. The van der Waals surface area contributed by atoms with Gasteiger partial charge in [0.05, 0.1) is 6.61 Å². The zero-order valence-electron chi connectivity index (χ0n) is 8.50. The molecule has 2 aliphatic rings. The quantitative estimate of drug-likeness (QED) is 0.816. The maximum atomic E-state index is 13.3.